The standard InChI is InChI=1S/C15H31ClO/c1-4-7-10-14(13-17)15(16,11-8-5-2)12-9-6-3/h14,17H,4-13H2,1-3H3. The zero-order chi connectivity index (χ0) is 13.1. The number of hydrogen-bond donors (Lipinski definition) is 1. The summed E-state index contributed by atoms with van der Waals surface area (Å²) >= 11 is 6.84. The molecule has 0 aliphatic rings. The number of alkyl halides is 1. The Labute approximate surface area is 113 Å². The van der Waals surface area contributed by atoms with E-state index in [1.807, 2.05) is 0 Å². The molecule has 0 aromatic carbocycles. The van der Waals surface area contributed by atoms with Gasteiger partial charge in [-0.2, -0.15) is 0 Å². The fraction of sp³-hybridized carbons (Fsp3) is 1.00. The maximum Gasteiger partial charge on any atom is 0.0496 e. The average Bonchev–Trinajstić information content (AvgIpc) is 2.35. The lowest BCUT2D eigenvalue weighted by Gasteiger charge is -2.35. The molecule has 0 bridgehead atoms. The molecule has 104 valence electrons. The molecule has 1 N–H and O–H groups in total. The molecular formula is C15H31ClO. The van der Waals surface area contributed by atoms with Crippen LogP contribution in [0, 0.1) is 5.92 Å². The number of aliphatic hydroxyl groups excluding tert-OH is 1. The molecule has 0 spiro atoms. The van der Waals surface area contributed by atoms with E-state index in [1.165, 1.54) is 38.5 Å². The maximum absolute atomic E-state index is 9.60. The first-order chi connectivity index (χ1) is 8.14. The highest BCUT2D eigenvalue weighted by Crippen LogP contribution is 2.38. The van der Waals surface area contributed by atoms with Gasteiger partial charge in [0.1, 0.15) is 0 Å². The van der Waals surface area contributed by atoms with Crippen LogP contribution in [0.4, 0.5) is 0 Å². The molecule has 0 rings (SSSR count). The summed E-state index contributed by atoms with van der Waals surface area (Å²) in [6.07, 6.45) is 10.3. The predicted octanol–water partition coefficient (Wildman–Crippen LogP) is 5.14. The van der Waals surface area contributed by atoms with E-state index in [9.17, 15) is 5.11 Å². The maximum atomic E-state index is 9.60. The summed E-state index contributed by atoms with van der Waals surface area (Å²) in [6, 6.07) is 0. The minimum absolute atomic E-state index is 0.157. The van der Waals surface area contributed by atoms with Gasteiger partial charge in [0.15, 0.2) is 0 Å². The van der Waals surface area contributed by atoms with E-state index in [1.54, 1.807) is 0 Å². The van der Waals surface area contributed by atoms with E-state index in [-0.39, 0.29) is 17.4 Å². The van der Waals surface area contributed by atoms with E-state index in [0.29, 0.717) is 0 Å². The lowest BCUT2D eigenvalue weighted by Crippen LogP contribution is -2.34. The largest absolute Gasteiger partial charge is 0.396 e. The minimum atomic E-state index is -0.157. The highest BCUT2D eigenvalue weighted by atomic mass is 35.5. The molecule has 0 saturated heterocycles. The highest BCUT2D eigenvalue weighted by Gasteiger charge is 2.34. The van der Waals surface area contributed by atoms with Gasteiger partial charge in [0.05, 0.1) is 0 Å². The lowest BCUT2D eigenvalue weighted by atomic mass is 9.80. The molecule has 0 aliphatic carbocycles. The van der Waals surface area contributed by atoms with Crippen LogP contribution in [-0.2, 0) is 0 Å². The van der Waals surface area contributed by atoms with Crippen molar-refractivity contribution in [2.24, 2.45) is 5.92 Å². The van der Waals surface area contributed by atoms with E-state index < -0.39 is 0 Å². The average molecular weight is 263 g/mol. The molecule has 1 atom stereocenters. The number of hydrogen-bond acceptors (Lipinski definition) is 1. The Kier molecular flexibility index (Phi) is 10.3. The lowest BCUT2D eigenvalue weighted by molar-refractivity contribution is 0.164. The van der Waals surface area contributed by atoms with Gasteiger partial charge in [-0.25, -0.2) is 0 Å². The van der Waals surface area contributed by atoms with E-state index in [2.05, 4.69) is 20.8 Å². The number of halogens is 1. The fourth-order valence-corrected chi connectivity index (χ4v) is 2.88. The van der Waals surface area contributed by atoms with Crippen LogP contribution in [0.25, 0.3) is 0 Å². The van der Waals surface area contributed by atoms with Crippen molar-refractivity contribution in [1.29, 1.82) is 0 Å². The molecule has 0 amide bonds. The molecule has 0 aromatic heterocycles. The summed E-state index contributed by atoms with van der Waals surface area (Å²) in [4.78, 5) is -0.157. The van der Waals surface area contributed by atoms with Crippen LogP contribution < -0.4 is 0 Å². The van der Waals surface area contributed by atoms with Crippen molar-refractivity contribution in [3.05, 3.63) is 0 Å². The summed E-state index contributed by atoms with van der Waals surface area (Å²) in [6.45, 7) is 6.85. The third-order valence-corrected chi connectivity index (χ3v) is 4.44. The molecule has 1 nitrogen and oxygen atoms in total. The van der Waals surface area contributed by atoms with E-state index >= 15 is 0 Å². The molecule has 0 aliphatic heterocycles. The quantitative estimate of drug-likeness (QED) is 0.511. The second-order valence-corrected chi connectivity index (χ2v) is 6.02. The SMILES string of the molecule is CCCCC(CO)C(Cl)(CCCC)CCCC. The van der Waals surface area contributed by atoms with Crippen molar-refractivity contribution in [2.45, 2.75) is 83.4 Å². The Morgan fingerprint density at radius 1 is 0.941 bits per heavy atom. The van der Waals surface area contributed by atoms with Gasteiger partial charge in [-0.1, -0.05) is 59.3 Å². The molecule has 17 heavy (non-hydrogen) atoms. The first-order valence-corrected chi connectivity index (χ1v) is 7.82. The zero-order valence-electron chi connectivity index (χ0n) is 12.0. The minimum Gasteiger partial charge on any atom is -0.396 e. The van der Waals surface area contributed by atoms with Gasteiger partial charge >= 0.3 is 0 Å². The van der Waals surface area contributed by atoms with E-state index in [4.69, 9.17) is 11.6 Å². The monoisotopic (exact) mass is 262 g/mol. The van der Waals surface area contributed by atoms with Gasteiger partial charge in [-0.3, -0.25) is 0 Å². The highest BCUT2D eigenvalue weighted by molar-refractivity contribution is 6.24. The predicted molar refractivity (Wildman–Crippen MR) is 77.7 cm³/mol. The summed E-state index contributed by atoms with van der Waals surface area (Å²) in [5.74, 6) is 0.280. The summed E-state index contributed by atoms with van der Waals surface area (Å²) in [5, 5.41) is 9.60. The second-order valence-electron chi connectivity index (χ2n) is 5.26. The molecule has 1 unspecified atom stereocenters. The van der Waals surface area contributed by atoms with Gasteiger partial charge in [-0.15, -0.1) is 11.6 Å². The Morgan fingerprint density at radius 3 is 1.76 bits per heavy atom. The van der Waals surface area contributed by atoms with Crippen molar-refractivity contribution >= 4 is 11.6 Å². The summed E-state index contributed by atoms with van der Waals surface area (Å²) < 4.78 is 0. The van der Waals surface area contributed by atoms with Crippen LogP contribution in [0.5, 0.6) is 0 Å². The van der Waals surface area contributed by atoms with Crippen LogP contribution in [0.1, 0.15) is 78.6 Å². The van der Waals surface area contributed by atoms with Gasteiger partial charge in [0.25, 0.3) is 0 Å². The van der Waals surface area contributed by atoms with Gasteiger partial charge < -0.3 is 5.11 Å². The molecule has 0 radical (unpaired) electrons. The normalized spacial score (nSPS) is 13.9. The van der Waals surface area contributed by atoms with Gasteiger partial charge in [-0.05, 0) is 19.3 Å². The van der Waals surface area contributed by atoms with Crippen molar-refractivity contribution in [3.8, 4) is 0 Å². The third-order valence-electron chi connectivity index (χ3n) is 3.75. The Morgan fingerprint density at radius 2 is 1.41 bits per heavy atom. The molecule has 0 heterocycles. The van der Waals surface area contributed by atoms with Gasteiger partial charge in [0, 0.05) is 17.4 Å². The van der Waals surface area contributed by atoms with E-state index in [0.717, 1.165) is 19.3 Å². The summed E-state index contributed by atoms with van der Waals surface area (Å²) in [7, 11) is 0. The Bertz CT molecular complexity index is 162. The smallest absolute Gasteiger partial charge is 0.0496 e. The molecule has 0 aromatic rings. The third kappa shape index (κ3) is 6.67. The second kappa shape index (κ2) is 10.2. The van der Waals surface area contributed by atoms with Crippen LogP contribution in [0.3, 0.4) is 0 Å². The molecular weight excluding hydrogens is 232 g/mol. The Balaban J connectivity index is 4.46. The zero-order valence-corrected chi connectivity index (χ0v) is 12.7. The Hall–Kier alpha value is 0.250. The van der Waals surface area contributed by atoms with Crippen LogP contribution in [0.15, 0.2) is 0 Å². The number of unbranched alkanes of at least 4 members (excludes halogenated alkanes) is 3. The first-order valence-electron chi connectivity index (χ1n) is 7.44. The molecule has 0 fully saturated rings. The number of rotatable bonds is 11. The first kappa shape index (κ1) is 17.2. The fourth-order valence-electron chi connectivity index (χ4n) is 2.44. The van der Waals surface area contributed by atoms with Crippen LogP contribution >= 0.6 is 11.6 Å². The van der Waals surface area contributed by atoms with Crippen molar-refractivity contribution < 1.29 is 5.11 Å². The van der Waals surface area contributed by atoms with Crippen molar-refractivity contribution in [2.75, 3.05) is 6.61 Å². The molecule has 2 heteroatoms. The van der Waals surface area contributed by atoms with Crippen LogP contribution in [0.2, 0.25) is 0 Å². The van der Waals surface area contributed by atoms with Gasteiger partial charge in [0.2, 0.25) is 0 Å². The van der Waals surface area contributed by atoms with Crippen molar-refractivity contribution in [3.63, 3.8) is 0 Å². The van der Waals surface area contributed by atoms with Crippen LogP contribution in [-0.4, -0.2) is 16.6 Å². The summed E-state index contributed by atoms with van der Waals surface area (Å²) in [5.41, 5.74) is 0. The topological polar surface area (TPSA) is 20.2 Å². The number of aliphatic hydroxyl groups is 1. The molecule has 0 saturated carbocycles. The van der Waals surface area contributed by atoms with Crippen molar-refractivity contribution in [1.82, 2.24) is 0 Å².